The number of carbonyl (C=O) groups is 1. The van der Waals surface area contributed by atoms with Crippen LogP contribution in [0.4, 0.5) is 5.88 Å². The first kappa shape index (κ1) is 16.4. The summed E-state index contributed by atoms with van der Waals surface area (Å²) < 4.78 is 5.71. The van der Waals surface area contributed by atoms with E-state index in [4.69, 9.17) is 16.0 Å². The van der Waals surface area contributed by atoms with E-state index >= 15 is 0 Å². The Morgan fingerprint density at radius 3 is 2.73 bits per heavy atom. The van der Waals surface area contributed by atoms with Gasteiger partial charge in [-0.25, -0.2) is 0 Å². The lowest BCUT2D eigenvalue weighted by molar-refractivity contribution is -0.109. The smallest absolute Gasteiger partial charge is 0.234 e. The molecule has 1 heterocycles. The number of aromatic nitrogens is 1. The second kappa shape index (κ2) is 7.34. The van der Waals surface area contributed by atoms with Crippen LogP contribution in [0.25, 0.3) is 11.5 Å². The van der Waals surface area contributed by atoms with Crippen LogP contribution in [-0.4, -0.2) is 29.4 Å². The zero-order valence-electron chi connectivity index (χ0n) is 12.2. The van der Waals surface area contributed by atoms with Gasteiger partial charge in [-0.05, 0) is 24.3 Å². The van der Waals surface area contributed by atoms with Crippen molar-refractivity contribution >= 4 is 34.4 Å². The van der Waals surface area contributed by atoms with Gasteiger partial charge >= 0.3 is 0 Å². The van der Waals surface area contributed by atoms with Crippen molar-refractivity contribution in [1.29, 1.82) is 5.26 Å². The molecule has 1 aromatic carbocycles. The van der Waals surface area contributed by atoms with Gasteiger partial charge in [-0.1, -0.05) is 23.4 Å². The maximum Gasteiger partial charge on any atom is 0.234 e. The topological polar surface area (TPSA) is 70.1 Å². The van der Waals surface area contributed by atoms with Gasteiger partial charge in [0.05, 0.1) is 0 Å². The van der Waals surface area contributed by atoms with Gasteiger partial charge in [0, 0.05) is 36.9 Å². The SMILES string of the molecule is CC(=O)SCCN(C)c1oc(-c2ccc(Cl)cc2)nc1C#N. The number of nitrogens with zero attached hydrogens (tertiary/aromatic N) is 3. The molecule has 0 unspecified atom stereocenters. The van der Waals surface area contributed by atoms with Gasteiger partial charge in [0.1, 0.15) is 6.07 Å². The fourth-order valence-electron chi connectivity index (χ4n) is 1.79. The van der Waals surface area contributed by atoms with E-state index in [-0.39, 0.29) is 10.8 Å². The Labute approximate surface area is 137 Å². The Kier molecular flexibility index (Phi) is 5.47. The first-order valence-electron chi connectivity index (χ1n) is 6.52. The van der Waals surface area contributed by atoms with Gasteiger partial charge in [-0.15, -0.1) is 0 Å². The number of anilines is 1. The first-order valence-corrected chi connectivity index (χ1v) is 7.89. The number of oxazole rings is 1. The van der Waals surface area contributed by atoms with Crippen LogP contribution in [-0.2, 0) is 4.79 Å². The highest BCUT2D eigenvalue weighted by atomic mass is 35.5. The third-order valence-electron chi connectivity index (χ3n) is 2.89. The van der Waals surface area contributed by atoms with Crippen molar-refractivity contribution in [1.82, 2.24) is 4.98 Å². The van der Waals surface area contributed by atoms with E-state index in [0.717, 1.165) is 5.56 Å². The summed E-state index contributed by atoms with van der Waals surface area (Å²) in [5.74, 6) is 1.39. The molecular weight excluding hydrogens is 322 g/mol. The normalized spacial score (nSPS) is 10.3. The molecule has 0 radical (unpaired) electrons. The number of rotatable bonds is 5. The number of benzene rings is 1. The van der Waals surface area contributed by atoms with Gasteiger partial charge in [0.25, 0.3) is 0 Å². The second-order valence-corrected chi connectivity index (χ2v) is 6.26. The zero-order chi connectivity index (χ0) is 16.1. The number of halogens is 1. The van der Waals surface area contributed by atoms with E-state index in [2.05, 4.69) is 4.98 Å². The minimum absolute atomic E-state index is 0.0633. The molecule has 22 heavy (non-hydrogen) atoms. The predicted octanol–water partition coefficient (Wildman–Crippen LogP) is 3.58. The van der Waals surface area contributed by atoms with E-state index in [1.54, 1.807) is 36.2 Å². The Hall–Kier alpha value is -1.97. The van der Waals surface area contributed by atoms with Crippen LogP contribution in [0.3, 0.4) is 0 Å². The molecule has 5 nitrogen and oxygen atoms in total. The van der Waals surface area contributed by atoms with Crippen LogP contribution >= 0.6 is 23.4 Å². The van der Waals surface area contributed by atoms with E-state index in [0.29, 0.717) is 29.1 Å². The maximum atomic E-state index is 10.9. The quantitative estimate of drug-likeness (QED) is 0.831. The molecule has 0 aliphatic carbocycles. The van der Waals surface area contributed by atoms with E-state index < -0.39 is 0 Å². The van der Waals surface area contributed by atoms with Gasteiger partial charge < -0.3 is 9.32 Å². The van der Waals surface area contributed by atoms with Crippen LogP contribution in [0.5, 0.6) is 0 Å². The molecule has 114 valence electrons. The van der Waals surface area contributed by atoms with Gasteiger partial charge in [-0.2, -0.15) is 10.2 Å². The van der Waals surface area contributed by atoms with Crippen LogP contribution in [0.15, 0.2) is 28.7 Å². The molecule has 2 rings (SSSR count). The molecule has 1 aromatic heterocycles. The van der Waals surface area contributed by atoms with Crippen molar-refractivity contribution in [2.45, 2.75) is 6.92 Å². The van der Waals surface area contributed by atoms with Crippen molar-refractivity contribution in [2.75, 3.05) is 24.2 Å². The monoisotopic (exact) mass is 335 g/mol. The summed E-state index contributed by atoms with van der Waals surface area (Å²) >= 11 is 7.09. The Balaban J connectivity index is 2.20. The van der Waals surface area contributed by atoms with Gasteiger partial charge in [0.2, 0.25) is 17.5 Å². The second-order valence-electron chi connectivity index (χ2n) is 4.55. The standard InChI is InChI=1S/C15H14ClN3O2S/c1-10(20)22-8-7-19(2)15-13(9-17)18-14(21-15)11-3-5-12(16)6-4-11/h3-6H,7-8H2,1-2H3. The minimum atomic E-state index is 0.0633. The van der Waals surface area contributed by atoms with Crippen molar-refractivity contribution < 1.29 is 9.21 Å². The van der Waals surface area contributed by atoms with E-state index in [1.165, 1.54) is 18.7 Å². The molecule has 0 N–H and O–H groups in total. The minimum Gasteiger partial charge on any atom is -0.419 e. The van der Waals surface area contributed by atoms with Crippen LogP contribution in [0, 0.1) is 11.3 Å². The molecule has 0 atom stereocenters. The molecule has 0 aliphatic heterocycles. The molecule has 0 saturated heterocycles. The largest absolute Gasteiger partial charge is 0.419 e. The summed E-state index contributed by atoms with van der Waals surface area (Å²) in [6.45, 7) is 2.10. The molecule has 2 aromatic rings. The Morgan fingerprint density at radius 2 is 2.14 bits per heavy atom. The molecule has 0 aliphatic rings. The molecule has 0 bridgehead atoms. The van der Waals surface area contributed by atoms with Crippen LogP contribution in [0.1, 0.15) is 12.6 Å². The van der Waals surface area contributed by atoms with Crippen molar-refractivity contribution in [3.05, 3.63) is 35.0 Å². The predicted molar refractivity (Wildman–Crippen MR) is 88.1 cm³/mol. The lowest BCUT2D eigenvalue weighted by atomic mass is 10.2. The number of hydrogen-bond acceptors (Lipinski definition) is 6. The number of hydrogen-bond donors (Lipinski definition) is 0. The molecule has 0 amide bonds. The molecule has 7 heteroatoms. The Morgan fingerprint density at radius 1 is 1.45 bits per heavy atom. The highest BCUT2D eigenvalue weighted by molar-refractivity contribution is 8.13. The van der Waals surface area contributed by atoms with Crippen molar-refractivity contribution in [2.24, 2.45) is 0 Å². The third kappa shape index (κ3) is 4.03. The molecule has 0 fully saturated rings. The Bertz CT molecular complexity index is 707. The zero-order valence-corrected chi connectivity index (χ0v) is 13.7. The number of thioether (sulfide) groups is 1. The molecule has 0 saturated carbocycles. The lowest BCUT2D eigenvalue weighted by Gasteiger charge is -2.14. The van der Waals surface area contributed by atoms with Gasteiger partial charge in [0.15, 0.2) is 5.12 Å². The highest BCUT2D eigenvalue weighted by Crippen LogP contribution is 2.28. The molecule has 0 spiro atoms. The van der Waals surface area contributed by atoms with Crippen LogP contribution < -0.4 is 4.90 Å². The van der Waals surface area contributed by atoms with E-state index in [1.807, 2.05) is 6.07 Å². The fourth-order valence-corrected chi connectivity index (χ4v) is 2.57. The van der Waals surface area contributed by atoms with Crippen LogP contribution in [0.2, 0.25) is 5.02 Å². The summed E-state index contributed by atoms with van der Waals surface area (Å²) in [6, 6.07) is 9.07. The maximum absolute atomic E-state index is 10.9. The van der Waals surface area contributed by atoms with Gasteiger partial charge in [-0.3, -0.25) is 4.79 Å². The summed E-state index contributed by atoms with van der Waals surface area (Å²) in [7, 11) is 1.80. The molecular formula is C15H14ClN3O2S. The lowest BCUT2D eigenvalue weighted by Crippen LogP contribution is -2.21. The summed E-state index contributed by atoms with van der Waals surface area (Å²) in [5.41, 5.74) is 0.971. The van der Waals surface area contributed by atoms with Crippen molar-refractivity contribution in [3.8, 4) is 17.5 Å². The van der Waals surface area contributed by atoms with E-state index in [9.17, 15) is 10.1 Å². The summed E-state index contributed by atoms with van der Waals surface area (Å²) in [5, 5.41) is 9.89. The average molecular weight is 336 g/mol. The summed E-state index contributed by atoms with van der Waals surface area (Å²) in [4.78, 5) is 16.9. The first-order chi connectivity index (χ1) is 10.5. The fraction of sp³-hybridized carbons (Fsp3) is 0.267. The highest BCUT2D eigenvalue weighted by Gasteiger charge is 2.18. The number of carbonyl (C=O) groups excluding carboxylic acids is 1. The number of nitriles is 1. The summed E-state index contributed by atoms with van der Waals surface area (Å²) in [6.07, 6.45) is 0. The average Bonchev–Trinajstić information content (AvgIpc) is 2.91. The third-order valence-corrected chi connectivity index (χ3v) is 3.93. The van der Waals surface area contributed by atoms with Crippen molar-refractivity contribution in [3.63, 3.8) is 0 Å².